The first-order chi connectivity index (χ1) is 16.2. The standard InChI is InChI=1S/C24H21ClF2N2O4S/c1-12(2)16-10-17(25)13(3)8-20(16)31-11-15-5-7-19(32-15)22(30)29-24-28-18-6-4-14(33-23(26)27)9-21(18)34-24/h4-10,12,23H,11H2,1-3H3,(H,28,29,30). The van der Waals surface area contributed by atoms with E-state index >= 15 is 0 Å². The zero-order chi connectivity index (χ0) is 24.4. The average Bonchev–Trinajstić information content (AvgIpc) is 3.40. The van der Waals surface area contributed by atoms with Gasteiger partial charge in [-0.2, -0.15) is 8.78 Å². The van der Waals surface area contributed by atoms with Crippen LogP contribution >= 0.6 is 22.9 Å². The van der Waals surface area contributed by atoms with Crippen LogP contribution in [0.2, 0.25) is 5.02 Å². The molecule has 0 aliphatic heterocycles. The number of furan rings is 1. The summed E-state index contributed by atoms with van der Waals surface area (Å²) in [7, 11) is 0. The number of aryl methyl sites for hydroxylation is 1. The predicted molar refractivity (Wildman–Crippen MR) is 128 cm³/mol. The second kappa shape index (κ2) is 9.99. The molecule has 0 spiro atoms. The van der Waals surface area contributed by atoms with E-state index in [1.54, 1.807) is 18.2 Å². The lowest BCUT2D eigenvalue weighted by Crippen LogP contribution is -2.10. The predicted octanol–water partition coefficient (Wildman–Crippen LogP) is 7.41. The van der Waals surface area contributed by atoms with Crippen LogP contribution in [-0.2, 0) is 6.61 Å². The monoisotopic (exact) mass is 506 g/mol. The minimum absolute atomic E-state index is 0.0243. The zero-order valence-electron chi connectivity index (χ0n) is 18.5. The molecule has 0 aliphatic rings. The van der Waals surface area contributed by atoms with E-state index in [0.717, 1.165) is 22.5 Å². The molecule has 0 atom stereocenters. The molecule has 0 bridgehead atoms. The summed E-state index contributed by atoms with van der Waals surface area (Å²) < 4.78 is 41.4. The van der Waals surface area contributed by atoms with Crippen LogP contribution in [0.4, 0.5) is 13.9 Å². The number of ether oxygens (including phenoxy) is 2. The third kappa shape index (κ3) is 5.48. The largest absolute Gasteiger partial charge is 0.485 e. The SMILES string of the molecule is Cc1cc(OCc2ccc(C(=O)Nc3nc4ccc(OC(F)F)cc4s3)o2)c(C(C)C)cc1Cl. The molecule has 6 nitrogen and oxygen atoms in total. The highest BCUT2D eigenvalue weighted by molar-refractivity contribution is 7.22. The lowest BCUT2D eigenvalue weighted by Gasteiger charge is -2.15. The molecule has 1 N–H and O–H groups in total. The van der Waals surface area contributed by atoms with Gasteiger partial charge in [-0.3, -0.25) is 10.1 Å². The fourth-order valence-electron chi connectivity index (χ4n) is 3.27. The molecule has 10 heteroatoms. The van der Waals surface area contributed by atoms with E-state index in [1.807, 2.05) is 19.1 Å². The number of hydrogen-bond donors (Lipinski definition) is 1. The van der Waals surface area contributed by atoms with Crippen molar-refractivity contribution in [2.24, 2.45) is 0 Å². The summed E-state index contributed by atoms with van der Waals surface area (Å²) in [5.74, 6) is 1.04. The number of alkyl halides is 2. The highest BCUT2D eigenvalue weighted by Gasteiger charge is 2.16. The Kier molecular flexibility index (Phi) is 7.04. The Labute approximate surface area is 203 Å². The van der Waals surface area contributed by atoms with Crippen molar-refractivity contribution in [1.29, 1.82) is 0 Å². The van der Waals surface area contributed by atoms with Gasteiger partial charge in [0.1, 0.15) is 23.9 Å². The van der Waals surface area contributed by atoms with E-state index in [-0.39, 0.29) is 24.0 Å². The number of aromatic nitrogens is 1. The number of nitrogens with zero attached hydrogens (tertiary/aromatic N) is 1. The van der Waals surface area contributed by atoms with Crippen molar-refractivity contribution in [3.05, 3.63) is 70.1 Å². The maximum Gasteiger partial charge on any atom is 0.387 e. The first-order valence-corrected chi connectivity index (χ1v) is 11.6. The molecular weight excluding hydrogens is 486 g/mol. The van der Waals surface area contributed by atoms with Crippen LogP contribution < -0.4 is 14.8 Å². The van der Waals surface area contributed by atoms with E-state index in [2.05, 4.69) is 28.9 Å². The molecular formula is C24H21ClF2N2O4S. The normalized spacial score (nSPS) is 11.4. The van der Waals surface area contributed by atoms with Gasteiger partial charge < -0.3 is 13.9 Å². The Morgan fingerprint density at radius 1 is 1.21 bits per heavy atom. The summed E-state index contributed by atoms with van der Waals surface area (Å²) in [5, 5.41) is 3.65. The number of amides is 1. The number of thiazole rings is 1. The van der Waals surface area contributed by atoms with E-state index in [4.69, 9.17) is 20.8 Å². The van der Waals surface area contributed by atoms with Gasteiger partial charge in [-0.05, 0) is 66.4 Å². The molecule has 1 amide bonds. The number of nitrogens with one attached hydrogen (secondary N) is 1. The fraction of sp³-hybridized carbons (Fsp3) is 0.250. The molecule has 0 unspecified atom stereocenters. The Bertz CT molecular complexity index is 1340. The molecule has 2 heterocycles. The van der Waals surface area contributed by atoms with Gasteiger partial charge in [0.15, 0.2) is 10.9 Å². The number of anilines is 1. The fourth-order valence-corrected chi connectivity index (χ4v) is 4.33. The van der Waals surface area contributed by atoms with Crippen LogP contribution in [-0.4, -0.2) is 17.5 Å². The van der Waals surface area contributed by atoms with Crippen LogP contribution in [0.3, 0.4) is 0 Å². The van der Waals surface area contributed by atoms with E-state index < -0.39 is 12.5 Å². The lowest BCUT2D eigenvalue weighted by atomic mass is 10.0. The first kappa shape index (κ1) is 24.0. The van der Waals surface area contributed by atoms with Gasteiger partial charge in [0.2, 0.25) is 0 Å². The van der Waals surface area contributed by atoms with Gasteiger partial charge in [0, 0.05) is 5.02 Å². The van der Waals surface area contributed by atoms with Crippen LogP contribution in [0.15, 0.2) is 46.9 Å². The van der Waals surface area contributed by atoms with E-state index in [9.17, 15) is 13.6 Å². The second-order valence-electron chi connectivity index (χ2n) is 7.83. The number of rotatable bonds is 8. The maximum atomic E-state index is 12.6. The van der Waals surface area contributed by atoms with Gasteiger partial charge in [-0.1, -0.05) is 36.8 Å². The lowest BCUT2D eigenvalue weighted by molar-refractivity contribution is -0.0497. The average molecular weight is 507 g/mol. The highest BCUT2D eigenvalue weighted by atomic mass is 35.5. The second-order valence-corrected chi connectivity index (χ2v) is 9.27. The molecule has 4 aromatic rings. The van der Waals surface area contributed by atoms with Crippen molar-refractivity contribution < 1.29 is 27.5 Å². The number of carbonyl (C=O) groups excluding carboxylic acids is 1. The molecule has 2 aromatic carbocycles. The topological polar surface area (TPSA) is 73.6 Å². The van der Waals surface area contributed by atoms with Crippen molar-refractivity contribution in [2.45, 2.75) is 39.9 Å². The smallest absolute Gasteiger partial charge is 0.387 e. The molecule has 0 saturated carbocycles. The van der Waals surface area contributed by atoms with Gasteiger partial charge >= 0.3 is 6.61 Å². The maximum absolute atomic E-state index is 12.6. The quantitative estimate of drug-likeness (QED) is 0.269. The van der Waals surface area contributed by atoms with Crippen molar-refractivity contribution >= 4 is 44.2 Å². The number of fused-ring (bicyclic) bond motifs is 1. The Morgan fingerprint density at radius 3 is 2.74 bits per heavy atom. The minimum atomic E-state index is -2.91. The van der Waals surface area contributed by atoms with Crippen molar-refractivity contribution in [3.8, 4) is 11.5 Å². The summed E-state index contributed by atoms with van der Waals surface area (Å²) in [6.07, 6.45) is 0. The Balaban J connectivity index is 1.42. The summed E-state index contributed by atoms with van der Waals surface area (Å²) >= 11 is 7.38. The summed E-state index contributed by atoms with van der Waals surface area (Å²) in [6.45, 7) is 3.24. The Hall–Kier alpha value is -3.17. The minimum Gasteiger partial charge on any atom is -0.485 e. The van der Waals surface area contributed by atoms with Crippen molar-refractivity contribution in [1.82, 2.24) is 4.98 Å². The molecule has 178 valence electrons. The Morgan fingerprint density at radius 2 is 2.00 bits per heavy atom. The van der Waals surface area contributed by atoms with Crippen LogP contribution in [0, 0.1) is 6.92 Å². The van der Waals surface area contributed by atoms with Gasteiger partial charge in [-0.25, -0.2) is 4.98 Å². The molecule has 0 radical (unpaired) electrons. The van der Waals surface area contributed by atoms with Crippen LogP contribution in [0.5, 0.6) is 11.5 Å². The van der Waals surface area contributed by atoms with Crippen molar-refractivity contribution in [2.75, 3.05) is 5.32 Å². The third-order valence-corrected chi connectivity index (χ3v) is 6.31. The third-order valence-electron chi connectivity index (χ3n) is 4.97. The number of halogens is 3. The first-order valence-electron chi connectivity index (χ1n) is 10.4. The molecule has 0 aliphatic carbocycles. The van der Waals surface area contributed by atoms with Gasteiger partial charge in [0.25, 0.3) is 5.91 Å². The molecule has 2 aromatic heterocycles. The molecule has 34 heavy (non-hydrogen) atoms. The zero-order valence-corrected chi connectivity index (χ0v) is 20.1. The summed E-state index contributed by atoms with van der Waals surface area (Å²) in [4.78, 5) is 16.9. The molecule has 4 rings (SSSR count). The molecule has 0 saturated heterocycles. The van der Waals surface area contributed by atoms with E-state index in [0.29, 0.717) is 31.9 Å². The number of hydrogen-bond acceptors (Lipinski definition) is 6. The number of benzene rings is 2. The van der Waals surface area contributed by atoms with Gasteiger partial charge in [-0.15, -0.1) is 0 Å². The summed E-state index contributed by atoms with van der Waals surface area (Å²) in [6, 6.07) is 11.4. The molecule has 0 fully saturated rings. The highest BCUT2D eigenvalue weighted by Crippen LogP contribution is 2.33. The van der Waals surface area contributed by atoms with Gasteiger partial charge in [0.05, 0.1) is 10.2 Å². The van der Waals surface area contributed by atoms with E-state index in [1.165, 1.54) is 12.1 Å². The van der Waals surface area contributed by atoms with Crippen LogP contribution in [0.25, 0.3) is 10.2 Å². The number of carbonyl (C=O) groups is 1. The van der Waals surface area contributed by atoms with Crippen molar-refractivity contribution in [3.63, 3.8) is 0 Å². The summed E-state index contributed by atoms with van der Waals surface area (Å²) in [5.41, 5.74) is 2.44. The van der Waals surface area contributed by atoms with Crippen LogP contribution in [0.1, 0.15) is 47.2 Å².